The molecule has 25 heavy (non-hydrogen) atoms. The zero-order valence-electron chi connectivity index (χ0n) is 13.4. The number of fused-ring (bicyclic) bond motifs is 1. The highest BCUT2D eigenvalue weighted by atomic mass is 32.1. The van der Waals surface area contributed by atoms with Crippen LogP contribution in [-0.4, -0.2) is 24.1 Å². The molecule has 1 amide bonds. The monoisotopic (exact) mass is 356 g/mol. The lowest BCUT2D eigenvalue weighted by Crippen LogP contribution is -2.24. The van der Waals surface area contributed by atoms with Crippen LogP contribution in [0.5, 0.6) is 11.5 Å². The first-order valence-electron chi connectivity index (χ1n) is 7.91. The zero-order chi connectivity index (χ0) is 17.1. The van der Waals surface area contributed by atoms with E-state index in [2.05, 4.69) is 10.3 Å². The number of thiophene rings is 1. The van der Waals surface area contributed by atoms with E-state index in [-0.39, 0.29) is 12.3 Å². The highest BCUT2D eigenvalue weighted by Gasteiger charge is 2.14. The lowest BCUT2D eigenvalue weighted by atomic mass is 10.1. The maximum Gasteiger partial charge on any atom is 0.236 e. The summed E-state index contributed by atoms with van der Waals surface area (Å²) in [6.07, 6.45) is 1.84. The summed E-state index contributed by atoms with van der Waals surface area (Å²) >= 11 is 1.56. The van der Waals surface area contributed by atoms with Gasteiger partial charge in [0, 0.05) is 0 Å². The molecule has 6 nitrogen and oxygen atoms in total. The van der Waals surface area contributed by atoms with Gasteiger partial charge in [-0.15, -0.1) is 11.3 Å². The number of amides is 1. The largest absolute Gasteiger partial charge is 0.486 e. The van der Waals surface area contributed by atoms with Gasteiger partial charge in [0.25, 0.3) is 0 Å². The molecule has 0 unspecified atom stereocenters. The molecule has 0 aliphatic carbocycles. The quantitative estimate of drug-likeness (QED) is 0.761. The molecule has 3 heterocycles. The van der Waals surface area contributed by atoms with Crippen molar-refractivity contribution in [3.8, 4) is 22.3 Å². The Hall–Kier alpha value is -2.80. The van der Waals surface area contributed by atoms with E-state index in [1.807, 2.05) is 35.7 Å². The normalized spacial score (nSPS) is 12.8. The van der Waals surface area contributed by atoms with Crippen LogP contribution in [0.3, 0.4) is 0 Å². The number of aromatic nitrogens is 1. The van der Waals surface area contributed by atoms with Gasteiger partial charge >= 0.3 is 0 Å². The van der Waals surface area contributed by atoms with Gasteiger partial charge in [-0.2, -0.15) is 0 Å². The molecular weight excluding hydrogens is 340 g/mol. The van der Waals surface area contributed by atoms with E-state index in [1.165, 1.54) is 0 Å². The minimum Gasteiger partial charge on any atom is -0.486 e. The average Bonchev–Trinajstić information content (AvgIpc) is 3.31. The number of rotatable bonds is 5. The summed E-state index contributed by atoms with van der Waals surface area (Å²) in [5.74, 6) is 1.90. The van der Waals surface area contributed by atoms with E-state index in [0.717, 1.165) is 16.2 Å². The molecule has 4 rings (SSSR count). The van der Waals surface area contributed by atoms with E-state index < -0.39 is 0 Å². The lowest BCUT2D eigenvalue weighted by Gasteiger charge is -2.18. The summed E-state index contributed by atoms with van der Waals surface area (Å²) in [5, 5.41) is 4.82. The standard InChI is InChI=1S/C18H16N2O4S/c21-17(9-12-3-4-14-15(8-12)23-6-5-22-14)19-10-13-11-24-18(20-13)16-2-1-7-25-16/h1-4,7-8,11H,5-6,9-10H2,(H,19,21). The van der Waals surface area contributed by atoms with E-state index in [4.69, 9.17) is 13.9 Å². The van der Waals surface area contributed by atoms with Crippen molar-refractivity contribution in [2.75, 3.05) is 13.2 Å². The second-order valence-electron chi connectivity index (χ2n) is 5.55. The van der Waals surface area contributed by atoms with Crippen molar-refractivity contribution in [3.63, 3.8) is 0 Å². The van der Waals surface area contributed by atoms with Crippen molar-refractivity contribution in [1.29, 1.82) is 0 Å². The number of carbonyl (C=O) groups is 1. The van der Waals surface area contributed by atoms with Gasteiger partial charge in [0.1, 0.15) is 19.5 Å². The number of ether oxygens (including phenoxy) is 2. The molecule has 1 aliphatic rings. The molecule has 3 aromatic rings. The first kappa shape index (κ1) is 15.7. The fourth-order valence-electron chi connectivity index (χ4n) is 2.54. The molecule has 1 aromatic carbocycles. The Labute approximate surface area is 148 Å². The highest BCUT2D eigenvalue weighted by Crippen LogP contribution is 2.30. The second kappa shape index (κ2) is 6.98. The van der Waals surface area contributed by atoms with Crippen LogP contribution in [0.25, 0.3) is 10.8 Å². The molecule has 0 radical (unpaired) electrons. The molecule has 0 saturated heterocycles. The van der Waals surface area contributed by atoms with Gasteiger partial charge < -0.3 is 19.2 Å². The van der Waals surface area contributed by atoms with Gasteiger partial charge in [0.05, 0.1) is 23.5 Å². The zero-order valence-corrected chi connectivity index (χ0v) is 14.2. The Morgan fingerprint density at radius 2 is 2.08 bits per heavy atom. The van der Waals surface area contributed by atoms with Crippen molar-refractivity contribution >= 4 is 17.2 Å². The van der Waals surface area contributed by atoms with Crippen LogP contribution in [0.15, 0.2) is 46.4 Å². The average molecular weight is 356 g/mol. The minimum absolute atomic E-state index is 0.0858. The predicted octanol–water partition coefficient (Wildman–Crippen LogP) is 3.03. The third kappa shape index (κ3) is 3.66. The fraction of sp³-hybridized carbons (Fsp3) is 0.222. The first-order chi connectivity index (χ1) is 12.3. The molecule has 7 heteroatoms. The minimum atomic E-state index is -0.0858. The Kier molecular flexibility index (Phi) is 4.39. The Morgan fingerprint density at radius 3 is 2.92 bits per heavy atom. The summed E-state index contributed by atoms with van der Waals surface area (Å²) in [6.45, 7) is 1.41. The van der Waals surface area contributed by atoms with E-state index in [1.54, 1.807) is 17.6 Å². The van der Waals surface area contributed by atoms with Crippen LogP contribution in [-0.2, 0) is 17.8 Å². The number of benzene rings is 1. The number of hydrogen-bond acceptors (Lipinski definition) is 6. The summed E-state index contributed by atoms with van der Waals surface area (Å²) in [4.78, 5) is 17.5. The maximum absolute atomic E-state index is 12.1. The third-order valence-electron chi connectivity index (χ3n) is 3.72. The topological polar surface area (TPSA) is 73.6 Å². The van der Waals surface area contributed by atoms with Crippen molar-refractivity contribution in [2.24, 2.45) is 0 Å². The van der Waals surface area contributed by atoms with Gasteiger partial charge in [0.2, 0.25) is 11.8 Å². The third-order valence-corrected chi connectivity index (χ3v) is 4.58. The highest BCUT2D eigenvalue weighted by molar-refractivity contribution is 7.13. The van der Waals surface area contributed by atoms with Gasteiger partial charge in [-0.1, -0.05) is 12.1 Å². The summed E-state index contributed by atoms with van der Waals surface area (Å²) in [5.41, 5.74) is 1.57. The van der Waals surface area contributed by atoms with E-state index in [0.29, 0.717) is 37.1 Å². The molecule has 0 atom stereocenters. The summed E-state index contributed by atoms with van der Waals surface area (Å²) in [6, 6.07) is 9.44. The van der Waals surface area contributed by atoms with Crippen molar-refractivity contribution < 1.29 is 18.7 Å². The number of oxazole rings is 1. The van der Waals surface area contributed by atoms with Gasteiger partial charge in [-0.25, -0.2) is 4.98 Å². The Balaban J connectivity index is 1.33. The summed E-state index contributed by atoms with van der Waals surface area (Å²) in [7, 11) is 0. The van der Waals surface area contributed by atoms with Crippen molar-refractivity contribution in [1.82, 2.24) is 10.3 Å². The summed E-state index contributed by atoms with van der Waals surface area (Å²) < 4.78 is 16.5. The molecule has 128 valence electrons. The van der Waals surface area contributed by atoms with Crippen LogP contribution >= 0.6 is 11.3 Å². The maximum atomic E-state index is 12.1. The number of carbonyl (C=O) groups excluding carboxylic acids is 1. The second-order valence-corrected chi connectivity index (χ2v) is 6.50. The molecule has 0 bridgehead atoms. The Bertz CT molecular complexity index is 873. The van der Waals surface area contributed by atoms with Gasteiger partial charge in [-0.3, -0.25) is 4.79 Å². The van der Waals surface area contributed by atoms with Crippen LogP contribution in [0.1, 0.15) is 11.3 Å². The Morgan fingerprint density at radius 1 is 1.20 bits per heavy atom. The number of nitrogens with zero attached hydrogens (tertiary/aromatic N) is 1. The molecule has 0 fully saturated rings. The molecule has 1 N–H and O–H groups in total. The van der Waals surface area contributed by atoms with E-state index >= 15 is 0 Å². The predicted molar refractivity (Wildman–Crippen MR) is 92.8 cm³/mol. The lowest BCUT2D eigenvalue weighted by molar-refractivity contribution is -0.120. The van der Waals surface area contributed by atoms with Crippen molar-refractivity contribution in [3.05, 3.63) is 53.2 Å². The van der Waals surface area contributed by atoms with Crippen LogP contribution in [0, 0.1) is 0 Å². The van der Waals surface area contributed by atoms with Gasteiger partial charge in [0.15, 0.2) is 11.5 Å². The van der Waals surface area contributed by atoms with Crippen LogP contribution in [0.2, 0.25) is 0 Å². The molecular formula is C18H16N2O4S. The van der Waals surface area contributed by atoms with Crippen LogP contribution in [0.4, 0.5) is 0 Å². The molecule has 1 aliphatic heterocycles. The first-order valence-corrected chi connectivity index (χ1v) is 8.79. The smallest absolute Gasteiger partial charge is 0.236 e. The number of nitrogens with one attached hydrogen (secondary N) is 1. The number of hydrogen-bond donors (Lipinski definition) is 1. The van der Waals surface area contributed by atoms with Crippen LogP contribution < -0.4 is 14.8 Å². The van der Waals surface area contributed by atoms with Crippen molar-refractivity contribution in [2.45, 2.75) is 13.0 Å². The molecule has 2 aromatic heterocycles. The van der Waals surface area contributed by atoms with E-state index in [9.17, 15) is 4.79 Å². The fourth-order valence-corrected chi connectivity index (χ4v) is 3.19. The van der Waals surface area contributed by atoms with Gasteiger partial charge in [-0.05, 0) is 29.1 Å². The SMILES string of the molecule is O=C(Cc1ccc2c(c1)OCCO2)NCc1coc(-c2cccs2)n1. The molecule has 0 saturated carbocycles. The molecule has 0 spiro atoms.